The second-order valence-corrected chi connectivity index (χ2v) is 10.5. The Balaban J connectivity index is 1.19. The summed E-state index contributed by atoms with van der Waals surface area (Å²) in [6.45, 7) is 2.88. The number of fused-ring (bicyclic) bond motifs is 1. The van der Waals surface area contributed by atoms with Crippen LogP contribution >= 0.6 is 0 Å². The third kappa shape index (κ3) is 7.07. The molecular weight excluding hydrogens is 609 g/mol. The molecule has 0 aliphatic carbocycles. The molecule has 1 aromatic carbocycles. The highest BCUT2D eigenvalue weighted by Crippen LogP contribution is 2.37. The van der Waals surface area contributed by atoms with E-state index in [4.69, 9.17) is 10.00 Å². The number of imidazole rings is 1. The van der Waals surface area contributed by atoms with E-state index in [9.17, 15) is 27.6 Å². The highest BCUT2D eigenvalue weighted by atomic mass is 19.4. The summed E-state index contributed by atoms with van der Waals surface area (Å²) in [5.41, 5.74) is 0.676. The Morgan fingerprint density at radius 3 is 2.78 bits per heavy atom. The number of carbonyl (C=O) groups excluding carboxylic acids is 3. The average Bonchev–Trinajstić information content (AvgIpc) is 3.76. The van der Waals surface area contributed by atoms with E-state index in [1.54, 1.807) is 31.2 Å². The molecule has 17 heteroatoms. The van der Waals surface area contributed by atoms with E-state index >= 15 is 0 Å². The topological polar surface area (TPSA) is 180 Å². The highest BCUT2D eigenvalue weighted by molar-refractivity contribution is 5.96. The lowest BCUT2D eigenvalue weighted by molar-refractivity contribution is -0.141. The zero-order valence-corrected chi connectivity index (χ0v) is 24.5. The molecule has 14 nitrogen and oxygen atoms in total. The van der Waals surface area contributed by atoms with Crippen LogP contribution in [0.5, 0.6) is 0 Å². The van der Waals surface area contributed by atoms with E-state index in [2.05, 4.69) is 36.3 Å². The van der Waals surface area contributed by atoms with Gasteiger partial charge in [-0.3, -0.25) is 23.5 Å². The van der Waals surface area contributed by atoms with Gasteiger partial charge in [0.05, 0.1) is 29.6 Å². The van der Waals surface area contributed by atoms with Gasteiger partial charge >= 0.3 is 6.18 Å². The van der Waals surface area contributed by atoms with Crippen LogP contribution in [0.4, 0.5) is 24.7 Å². The van der Waals surface area contributed by atoms with Crippen molar-refractivity contribution in [1.29, 1.82) is 5.26 Å². The van der Waals surface area contributed by atoms with Crippen LogP contribution in [0.15, 0.2) is 43.0 Å². The minimum Gasteiger partial charge on any atom is -0.463 e. The SMILES string of the molecule is Cc1cc(Nc2nccn3c(-c4cn(CC#N)nc4C(F)(F)F)cnc23)ccc1C(=O)NCCCNC(=O)[C@@H]1C[C@@H](OC=O)CN1. The maximum atomic E-state index is 13.7. The van der Waals surface area contributed by atoms with Crippen molar-refractivity contribution < 1.29 is 32.3 Å². The predicted molar refractivity (Wildman–Crippen MR) is 157 cm³/mol. The van der Waals surface area contributed by atoms with Gasteiger partial charge in [-0.05, 0) is 37.1 Å². The molecule has 0 unspecified atom stereocenters. The number of aryl methyl sites for hydroxylation is 1. The Labute approximate surface area is 260 Å². The first-order chi connectivity index (χ1) is 22.1. The Bertz CT molecular complexity index is 1800. The fraction of sp³-hybridized carbons (Fsp3) is 0.345. The number of nitrogens with zero attached hydrogens (tertiary/aromatic N) is 6. The van der Waals surface area contributed by atoms with Gasteiger partial charge in [0.15, 0.2) is 17.2 Å². The van der Waals surface area contributed by atoms with E-state index in [0.717, 1.165) is 10.9 Å². The highest BCUT2D eigenvalue weighted by Gasteiger charge is 2.38. The molecule has 5 rings (SSSR count). The lowest BCUT2D eigenvalue weighted by Crippen LogP contribution is -2.41. The molecule has 0 radical (unpaired) electrons. The van der Waals surface area contributed by atoms with Crippen molar-refractivity contribution in [3.63, 3.8) is 0 Å². The fourth-order valence-electron chi connectivity index (χ4n) is 5.12. The van der Waals surface area contributed by atoms with Crippen molar-refractivity contribution in [3.05, 3.63) is 59.8 Å². The lowest BCUT2D eigenvalue weighted by atomic mass is 10.1. The standard InChI is InChI=1S/C29H29F3N10O4/c1-17-11-18(3-4-20(17)27(44)35-6-2-7-36-28(45)22-12-19(13-37-22)46-16-43)39-25-26-38-14-23(42(26)10-8-34-25)21-15-41(9-5-33)40-24(21)29(30,31)32/h3-4,8,10-11,14-16,19,22,37H,2,6-7,9,12-13H2,1H3,(H,34,39)(H,35,44)(H,36,45)/t19-,22+/m1/s1. The van der Waals surface area contributed by atoms with Crippen molar-refractivity contribution in [1.82, 2.24) is 40.1 Å². The van der Waals surface area contributed by atoms with E-state index in [-0.39, 0.29) is 47.2 Å². The van der Waals surface area contributed by atoms with E-state index < -0.39 is 17.9 Å². The molecule has 4 aromatic rings. The van der Waals surface area contributed by atoms with Crippen LogP contribution in [0.1, 0.15) is 34.5 Å². The number of halogens is 3. The summed E-state index contributed by atoms with van der Waals surface area (Å²) in [5, 5.41) is 24.2. The van der Waals surface area contributed by atoms with Gasteiger partial charge in [0, 0.05) is 55.9 Å². The number of amides is 2. The fourth-order valence-corrected chi connectivity index (χ4v) is 5.12. The summed E-state index contributed by atoms with van der Waals surface area (Å²) >= 11 is 0. The van der Waals surface area contributed by atoms with Crippen LogP contribution in [0.2, 0.25) is 0 Å². The minimum atomic E-state index is -4.75. The Morgan fingerprint density at radius 1 is 1.24 bits per heavy atom. The molecule has 1 fully saturated rings. The Kier molecular flexibility index (Phi) is 9.47. The molecule has 46 heavy (non-hydrogen) atoms. The lowest BCUT2D eigenvalue weighted by Gasteiger charge is -2.13. The number of anilines is 2. The van der Waals surface area contributed by atoms with Crippen LogP contribution in [0, 0.1) is 18.3 Å². The Hall–Kier alpha value is -5.50. The monoisotopic (exact) mass is 638 g/mol. The number of aromatic nitrogens is 5. The first kappa shape index (κ1) is 31.9. The van der Waals surface area contributed by atoms with Gasteiger partial charge in [0.25, 0.3) is 12.4 Å². The molecular formula is C29H29F3N10O4. The maximum absolute atomic E-state index is 13.7. The molecule has 2 amide bonds. The van der Waals surface area contributed by atoms with Crippen molar-refractivity contribution in [3.8, 4) is 17.3 Å². The van der Waals surface area contributed by atoms with Gasteiger partial charge in [0.2, 0.25) is 5.91 Å². The molecule has 0 bridgehead atoms. The molecule has 0 saturated carbocycles. The smallest absolute Gasteiger partial charge is 0.435 e. The number of nitriles is 1. The van der Waals surface area contributed by atoms with Crippen LogP contribution < -0.4 is 21.3 Å². The third-order valence-electron chi connectivity index (χ3n) is 7.29. The van der Waals surface area contributed by atoms with Crippen molar-refractivity contribution >= 4 is 35.4 Å². The van der Waals surface area contributed by atoms with Crippen molar-refractivity contribution in [2.45, 2.75) is 44.6 Å². The van der Waals surface area contributed by atoms with Gasteiger partial charge in [-0.1, -0.05) is 0 Å². The Morgan fingerprint density at radius 2 is 2.04 bits per heavy atom. The number of alkyl halides is 3. The second-order valence-electron chi connectivity index (χ2n) is 10.5. The number of rotatable bonds is 12. The summed E-state index contributed by atoms with van der Waals surface area (Å²) in [7, 11) is 0. The summed E-state index contributed by atoms with van der Waals surface area (Å²) < 4.78 is 48.4. The van der Waals surface area contributed by atoms with Crippen LogP contribution in [-0.4, -0.2) is 74.2 Å². The number of ether oxygens (including phenoxy) is 1. The number of benzene rings is 1. The molecule has 1 saturated heterocycles. The van der Waals surface area contributed by atoms with Gasteiger partial charge in [-0.25, -0.2) is 9.97 Å². The molecule has 1 aliphatic heterocycles. The summed E-state index contributed by atoms with van der Waals surface area (Å²) in [4.78, 5) is 44.1. The minimum absolute atomic E-state index is 0.118. The van der Waals surface area contributed by atoms with Crippen molar-refractivity contribution in [2.24, 2.45) is 0 Å². The first-order valence-corrected chi connectivity index (χ1v) is 14.2. The van der Waals surface area contributed by atoms with Crippen LogP contribution in [0.25, 0.3) is 16.9 Å². The van der Waals surface area contributed by atoms with Gasteiger partial charge in [-0.2, -0.15) is 23.5 Å². The summed E-state index contributed by atoms with van der Waals surface area (Å²) in [6.07, 6.45) is 1.15. The van der Waals surface area contributed by atoms with Gasteiger partial charge in [0.1, 0.15) is 12.6 Å². The first-order valence-electron chi connectivity index (χ1n) is 14.2. The third-order valence-corrected chi connectivity index (χ3v) is 7.29. The number of carbonyl (C=O) groups is 3. The molecule has 240 valence electrons. The molecule has 4 N–H and O–H groups in total. The predicted octanol–water partition coefficient (Wildman–Crippen LogP) is 2.33. The molecule has 4 heterocycles. The second kappa shape index (κ2) is 13.6. The molecule has 3 aromatic heterocycles. The normalized spacial score (nSPS) is 16.2. The largest absolute Gasteiger partial charge is 0.463 e. The van der Waals surface area contributed by atoms with Crippen molar-refractivity contribution in [2.75, 3.05) is 25.0 Å². The van der Waals surface area contributed by atoms with E-state index in [0.29, 0.717) is 55.8 Å². The average molecular weight is 639 g/mol. The molecule has 2 atom stereocenters. The molecule has 1 aliphatic rings. The number of nitrogens with one attached hydrogen (secondary N) is 4. The van der Waals surface area contributed by atoms with Gasteiger partial charge in [-0.15, -0.1) is 0 Å². The van der Waals surface area contributed by atoms with E-state index in [1.165, 1.54) is 23.0 Å². The zero-order chi connectivity index (χ0) is 32.8. The summed E-state index contributed by atoms with van der Waals surface area (Å²) in [5.74, 6) is -0.223. The van der Waals surface area contributed by atoms with Crippen LogP contribution in [0.3, 0.4) is 0 Å². The maximum Gasteiger partial charge on any atom is 0.435 e. The van der Waals surface area contributed by atoms with Gasteiger partial charge < -0.3 is 26.0 Å². The summed E-state index contributed by atoms with van der Waals surface area (Å²) in [6, 6.07) is 6.38. The zero-order valence-electron chi connectivity index (χ0n) is 24.5. The van der Waals surface area contributed by atoms with Crippen LogP contribution in [-0.2, 0) is 27.0 Å². The van der Waals surface area contributed by atoms with E-state index in [1.807, 2.05) is 0 Å². The molecule has 0 spiro atoms. The number of hydrogen-bond donors (Lipinski definition) is 4. The quantitative estimate of drug-likeness (QED) is 0.133. The number of hydrogen-bond acceptors (Lipinski definition) is 10.